The van der Waals surface area contributed by atoms with Crippen molar-refractivity contribution in [3.05, 3.63) is 107 Å². The molecular weight excluding hydrogens is 445 g/mol. The zero-order chi connectivity index (χ0) is 24.6. The highest BCUT2D eigenvalue weighted by Crippen LogP contribution is 2.32. The number of carbonyl (C=O) groups is 1. The number of halogens is 3. The molecule has 1 aromatic heterocycles. The Balaban J connectivity index is 1.88. The topological polar surface area (TPSA) is 71.5 Å². The summed E-state index contributed by atoms with van der Waals surface area (Å²) < 4.78 is 44.4. The van der Waals surface area contributed by atoms with Crippen LogP contribution >= 0.6 is 0 Å². The number of aliphatic hydroxyl groups is 1. The molecule has 3 rings (SSSR count). The molecule has 176 valence electrons. The molecule has 0 saturated carbocycles. The number of aliphatic hydroxyl groups excluding tert-OH is 1. The lowest BCUT2D eigenvalue weighted by Crippen LogP contribution is -2.10. The Hall–Kier alpha value is -3.91. The molecule has 0 saturated heterocycles. The van der Waals surface area contributed by atoms with Crippen LogP contribution in [-0.4, -0.2) is 22.6 Å². The van der Waals surface area contributed by atoms with Crippen LogP contribution in [0, 0.1) is 0 Å². The molecule has 0 unspecified atom stereocenters. The second-order valence-electron chi connectivity index (χ2n) is 7.15. The minimum absolute atomic E-state index is 0.252. The van der Waals surface area contributed by atoms with Crippen molar-refractivity contribution in [2.45, 2.75) is 19.7 Å². The standard InChI is InChI=1S/C26H23F3N2O3/c1-2-34-22-12-8-19(9-13-22)23(18-6-10-21(11-7-18)26(27,28)29)4-3-5-25(33)31-24-16-30-15-14-20(24)17-32/h3-16,32H,2,17H2,1H3,(H,31,33)/b5-3+,23-4-. The summed E-state index contributed by atoms with van der Waals surface area (Å²) in [6.45, 7) is 2.12. The molecule has 0 aliphatic heterocycles. The van der Waals surface area contributed by atoms with Gasteiger partial charge in [0.15, 0.2) is 0 Å². The first-order valence-electron chi connectivity index (χ1n) is 10.5. The van der Waals surface area contributed by atoms with Gasteiger partial charge in [-0.25, -0.2) is 0 Å². The van der Waals surface area contributed by atoms with Gasteiger partial charge in [0.2, 0.25) is 5.91 Å². The van der Waals surface area contributed by atoms with Gasteiger partial charge in [0, 0.05) is 17.8 Å². The molecule has 0 spiro atoms. The number of rotatable bonds is 8. The summed E-state index contributed by atoms with van der Waals surface area (Å²) in [6, 6.07) is 13.5. The van der Waals surface area contributed by atoms with Crippen LogP contribution in [0.15, 0.2) is 85.2 Å². The Bertz CT molecular complexity index is 1170. The fourth-order valence-corrected chi connectivity index (χ4v) is 3.18. The summed E-state index contributed by atoms with van der Waals surface area (Å²) in [4.78, 5) is 16.3. The highest BCUT2D eigenvalue weighted by atomic mass is 19.4. The van der Waals surface area contributed by atoms with Gasteiger partial charge in [-0.15, -0.1) is 0 Å². The van der Waals surface area contributed by atoms with Gasteiger partial charge in [-0.2, -0.15) is 13.2 Å². The van der Waals surface area contributed by atoms with Crippen LogP contribution in [0.1, 0.15) is 29.2 Å². The third-order valence-electron chi connectivity index (χ3n) is 4.85. The molecule has 0 atom stereocenters. The van der Waals surface area contributed by atoms with Gasteiger partial charge in [-0.1, -0.05) is 36.4 Å². The van der Waals surface area contributed by atoms with E-state index in [0.717, 1.165) is 17.7 Å². The zero-order valence-electron chi connectivity index (χ0n) is 18.3. The van der Waals surface area contributed by atoms with E-state index in [0.29, 0.717) is 34.7 Å². The van der Waals surface area contributed by atoms with E-state index in [-0.39, 0.29) is 6.61 Å². The van der Waals surface area contributed by atoms with E-state index < -0.39 is 17.6 Å². The van der Waals surface area contributed by atoms with Gasteiger partial charge in [-0.05, 0) is 54.0 Å². The molecule has 5 nitrogen and oxygen atoms in total. The normalized spacial score (nSPS) is 12.1. The molecule has 0 bridgehead atoms. The smallest absolute Gasteiger partial charge is 0.416 e. The van der Waals surface area contributed by atoms with E-state index in [1.165, 1.54) is 36.7 Å². The molecule has 0 aliphatic rings. The molecule has 34 heavy (non-hydrogen) atoms. The van der Waals surface area contributed by atoms with Gasteiger partial charge >= 0.3 is 6.18 Å². The van der Waals surface area contributed by atoms with Crippen LogP contribution in [0.4, 0.5) is 18.9 Å². The minimum Gasteiger partial charge on any atom is -0.494 e. The number of anilines is 1. The van der Waals surface area contributed by atoms with Crippen LogP contribution in [0.2, 0.25) is 0 Å². The van der Waals surface area contributed by atoms with Gasteiger partial charge < -0.3 is 15.2 Å². The number of hydrogen-bond donors (Lipinski definition) is 2. The first-order valence-corrected chi connectivity index (χ1v) is 10.5. The fourth-order valence-electron chi connectivity index (χ4n) is 3.18. The first kappa shape index (κ1) is 24.7. The number of benzene rings is 2. The largest absolute Gasteiger partial charge is 0.494 e. The number of hydrogen-bond acceptors (Lipinski definition) is 4. The highest BCUT2D eigenvalue weighted by Gasteiger charge is 2.30. The Labute approximate surface area is 195 Å². The third kappa shape index (κ3) is 6.55. The van der Waals surface area contributed by atoms with E-state index in [4.69, 9.17) is 4.74 Å². The number of alkyl halides is 3. The Kier molecular flexibility index (Phi) is 8.21. The van der Waals surface area contributed by atoms with Crippen LogP contribution in [0.3, 0.4) is 0 Å². The Morgan fingerprint density at radius 3 is 2.29 bits per heavy atom. The molecule has 0 fully saturated rings. The maximum Gasteiger partial charge on any atom is 0.416 e. The number of ether oxygens (including phenoxy) is 1. The maximum atomic E-state index is 13.0. The van der Waals surface area contributed by atoms with Crippen LogP contribution < -0.4 is 10.1 Å². The van der Waals surface area contributed by atoms with Crippen molar-refractivity contribution in [3.8, 4) is 5.75 Å². The molecule has 8 heteroatoms. The molecule has 3 aromatic rings. The van der Waals surface area contributed by atoms with Gasteiger partial charge in [0.25, 0.3) is 0 Å². The minimum atomic E-state index is -4.43. The highest BCUT2D eigenvalue weighted by molar-refractivity contribution is 6.00. The summed E-state index contributed by atoms with van der Waals surface area (Å²) in [5.41, 5.74) is 2.08. The second kappa shape index (κ2) is 11.3. The number of aromatic nitrogens is 1. The number of nitrogens with zero attached hydrogens (tertiary/aromatic N) is 1. The molecule has 0 aliphatic carbocycles. The SMILES string of the molecule is CCOc1ccc(/C(=C\C=C\C(=O)Nc2cnccc2CO)c2ccc(C(F)(F)F)cc2)cc1. The maximum absolute atomic E-state index is 13.0. The van der Waals surface area contributed by atoms with E-state index in [1.807, 2.05) is 6.92 Å². The lowest BCUT2D eigenvalue weighted by Gasteiger charge is -2.12. The predicted molar refractivity (Wildman–Crippen MR) is 124 cm³/mol. The lowest BCUT2D eigenvalue weighted by atomic mass is 9.96. The van der Waals surface area contributed by atoms with Gasteiger partial charge in [0.1, 0.15) is 5.75 Å². The van der Waals surface area contributed by atoms with Crippen molar-refractivity contribution < 1.29 is 27.8 Å². The van der Waals surface area contributed by atoms with E-state index in [2.05, 4.69) is 10.3 Å². The summed E-state index contributed by atoms with van der Waals surface area (Å²) in [6.07, 6.45) is 2.95. The number of nitrogens with one attached hydrogen (secondary N) is 1. The first-order chi connectivity index (χ1) is 16.3. The molecule has 0 radical (unpaired) electrons. The zero-order valence-corrected chi connectivity index (χ0v) is 18.3. The molecular formula is C26H23F3N2O3. The van der Waals surface area contributed by atoms with Crippen molar-refractivity contribution in [2.75, 3.05) is 11.9 Å². The van der Waals surface area contributed by atoms with Gasteiger partial charge in [-0.3, -0.25) is 9.78 Å². The number of pyridine rings is 1. The molecule has 1 heterocycles. The molecule has 2 aromatic carbocycles. The van der Waals surface area contributed by atoms with Crippen molar-refractivity contribution >= 4 is 17.2 Å². The quantitative estimate of drug-likeness (QED) is 0.333. The number of amides is 1. The van der Waals surface area contributed by atoms with Crippen LogP contribution in [0.5, 0.6) is 5.75 Å². The average Bonchev–Trinajstić information content (AvgIpc) is 2.83. The summed E-state index contributed by atoms with van der Waals surface area (Å²) in [5.74, 6) is 0.224. The summed E-state index contributed by atoms with van der Waals surface area (Å²) in [5, 5.41) is 12.0. The Morgan fingerprint density at radius 1 is 1.06 bits per heavy atom. The Morgan fingerprint density at radius 2 is 1.71 bits per heavy atom. The average molecular weight is 468 g/mol. The summed E-state index contributed by atoms with van der Waals surface area (Å²) >= 11 is 0. The van der Waals surface area contributed by atoms with E-state index in [1.54, 1.807) is 36.4 Å². The van der Waals surface area contributed by atoms with Crippen LogP contribution in [0.25, 0.3) is 5.57 Å². The van der Waals surface area contributed by atoms with Crippen LogP contribution in [-0.2, 0) is 17.6 Å². The monoisotopic (exact) mass is 468 g/mol. The lowest BCUT2D eigenvalue weighted by molar-refractivity contribution is -0.137. The van der Waals surface area contributed by atoms with Crippen molar-refractivity contribution in [3.63, 3.8) is 0 Å². The van der Waals surface area contributed by atoms with Crippen molar-refractivity contribution in [1.82, 2.24) is 4.98 Å². The van der Waals surface area contributed by atoms with Gasteiger partial charge in [0.05, 0.1) is 30.7 Å². The van der Waals surface area contributed by atoms with E-state index in [9.17, 15) is 23.1 Å². The predicted octanol–water partition coefficient (Wildman–Crippen LogP) is 5.62. The second-order valence-corrected chi connectivity index (χ2v) is 7.15. The number of carbonyl (C=O) groups excluding carboxylic acids is 1. The van der Waals surface area contributed by atoms with Crippen molar-refractivity contribution in [1.29, 1.82) is 0 Å². The third-order valence-corrected chi connectivity index (χ3v) is 4.85. The number of allylic oxidation sites excluding steroid dienone is 2. The molecule has 2 N–H and O–H groups in total. The molecule has 1 amide bonds. The summed E-state index contributed by atoms with van der Waals surface area (Å²) in [7, 11) is 0. The fraction of sp³-hybridized carbons (Fsp3) is 0.154. The van der Waals surface area contributed by atoms with E-state index >= 15 is 0 Å². The van der Waals surface area contributed by atoms with Crippen molar-refractivity contribution in [2.24, 2.45) is 0 Å².